The van der Waals surface area contributed by atoms with E-state index in [-0.39, 0.29) is 0 Å². The molecule has 100 valence electrons. The van der Waals surface area contributed by atoms with Crippen molar-refractivity contribution in [1.82, 2.24) is 4.98 Å². The molecule has 0 spiro atoms. The fourth-order valence-electron chi connectivity index (χ4n) is 2.74. The molecule has 0 amide bonds. The van der Waals surface area contributed by atoms with Crippen LogP contribution in [-0.2, 0) is 6.54 Å². The molecule has 0 aliphatic heterocycles. The molecular weight excluding hydrogens is 276 g/mol. The Bertz CT molecular complexity index is 556. The van der Waals surface area contributed by atoms with Gasteiger partial charge in [-0.05, 0) is 30.9 Å². The molecule has 1 saturated carbocycles. The Morgan fingerprint density at radius 2 is 1.89 bits per heavy atom. The van der Waals surface area contributed by atoms with Crippen molar-refractivity contribution in [3.05, 3.63) is 39.2 Å². The van der Waals surface area contributed by atoms with Crippen molar-refractivity contribution in [3.8, 4) is 11.3 Å². The Hall–Kier alpha value is -0.900. The van der Waals surface area contributed by atoms with Gasteiger partial charge in [-0.3, -0.25) is 0 Å². The lowest BCUT2D eigenvalue weighted by Crippen LogP contribution is -1.94. The van der Waals surface area contributed by atoms with Crippen molar-refractivity contribution in [2.24, 2.45) is 5.73 Å². The van der Waals surface area contributed by atoms with Gasteiger partial charge in [-0.25, -0.2) is 4.98 Å². The summed E-state index contributed by atoms with van der Waals surface area (Å²) in [6.07, 6.45) is 5.24. The second kappa shape index (κ2) is 5.61. The van der Waals surface area contributed by atoms with Gasteiger partial charge in [0.15, 0.2) is 0 Å². The minimum Gasteiger partial charge on any atom is -0.325 e. The zero-order valence-corrected chi connectivity index (χ0v) is 12.3. The third-order valence-corrected chi connectivity index (χ3v) is 5.21. The van der Waals surface area contributed by atoms with Crippen LogP contribution in [0.25, 0.3) is 11.3 Å². The standard InChI is InChI=1S/C15H17ClN2S/c16-12-7-5-10(6-8-12)14-15(11-3-1-2-4-11)19-13(9-17)18-14/h5-8,11H,1-4,9,17H2. The van der Waals surface area contributed by atoms with Crippen LogP contribution in [0.4, 0.5) is 0 Å². The van der Waals surface area contributed by atoms with Crippen LogP contribution in [0, 0.1) is 0 Å². The second-order valence-corrected chi connectivity index (χ2v) is 6.56. The summed E-state index contributed by atoms with van der Waals surface area (Å²) in [7, 11) is 0. The number of aromatic nitrogens is 1. The van der Waals surface area contributed by atoms with Crippen LogP contribution in [0.5, 0.6) is 0 Å². The Kier molecular flexibility index (Phi) is 3.87. The Morgan fingerprint density at radius 3 is 2.53 bits per heavy atom. The molecule has 4 heteroatoms. The number of nitrogens with zero attached hydrogens (tertiary/aromatic N) is 1. The van der Waals surface area contributed by atoms with Crippen LogP contribution in [0.1, 0.15) is 41.5 Å². The summed E-state index contributed by atoms with van der Waals surface area (Å²) in [4.78, 5) is 6.14. The van der Waals surface area contributed by atoms with Crippen molar-refractivity contribution in [2.45, 2.75) is 38.1 Å². The molecule has 0 atom stereocenters. The highest BCUT2D eigenvalue weighted by Gasteiger charge is 2.24. The first-order chi connectivity index (χ1) is 9.28. The molecule has 1 heterocycles. The monoisotopic (exact) mass is 292 g/mol. The zero-order valence-electron chi connectivity index (χ0n) is 10.7. The normalized spacial score (nSPS) is 16.1. The average molecular weight is 293 g/mol. The lowest BCUT2D eigenvalue weighted by molar-refractivity contribution is 0.738. The van der Waals surface area contributed by atoms with Crippen molar-refractivity contribution < 1.29 is 0 Å². The fraction of sp³-hybridized carbons (Fsp3) is 0.400. The van der Waals surface area contributed by atoms with Crippen molar-refractivity contribution in [1.29, 1.82) is 0 Å². The first-order valence-electron chi connectivity index (χ1n) is 6.73. The predicted octanol–water partition coefficient (Wildman–Crippen LogP) is 4.58. The lowest BCUT2D eigenvalue weighted by atomic mass is 10.0. The van der Waals surface area contributed by atoms with Gasteiger partial charge in [-0.1, -0.05) is 36.6 Å². The molecule has 19 heavy (non-hydrogen) atoms. The topological polar surface area (TPSA) is 38.9 Å². The minimum absolute atomic E-state index is 0.526. The zero-order chi connectivity index (χ0) is 13.2. The summed E-state index contributed by atoms with van der Waals surface area (Å²) < 4.78 is 0. The number of nitrogens with two attached hydrogens (primary N) is 1. The van der Waals surface area contributed by atoms with Gasteiger partial charge < -0.3 is 5.73 Å². The molecule has 0 bridgehead atoms. The molecule has 1 aliphatic rings. The van der Waals surface area contributed by atoms with E-state index < -0.39 is 0 Å². The molecular formula is C15H17ClN2S. The van der Waals surface area contributed by atoms with Crippen molar-refractivity contribution in [3.63, 3.8) is 0 Å². The fourth-order valence-corrected chi connectivity index (χ4v) is 4.01. The van der Waals surface area contributed by atoms with E-state index in [1.165, 1.54) is 30.6 Å². The number of hydrogen-bond acceptors (Lipinski definition) is 3. The molecule has 0 unspecified atom stereocenters. The molecule has 0 saturated heterocycles. The van der Waals surface area contributed by atoms with Crippen LogP contribution < -0.4 is 5.73 Å². The number of halogens is 1. The number of thiazole rings is 1. The SMILES string of the molecule is NCc1nc(-c2ccc(Cl)cc2)c(C2CCCC2)s1. The Morgan fingerprint density at radius 1 is 1.21 bits per heavy atom. The number of hydrogen-bond donors (Lipinski definition) is 1. The molecule has 1 aliphatic carbocycles. The molecule has 2 nitrogen and oxygen atoms in total. The van der Waals surface area contributed by atoms with Gasteiger partial charge in [0.05, 0.1) is 5.69 Å². The van der Waals surface area contributed by atoms with Gasteiger partial charge in [-0.2, -0.15) is 0 Å². The minimum atomic E-state index is 0.526. The number of rotatable bonds is 3. The van der Waals surface area contributed by atoms with Crippen LogP contribution in [0.3, 0.4) is 0 Å². The highest BCUT2D eigenvalue weighted by Crippen LogP contribution is 2.42. The molecule has 1 aromatic carbocycles. The van der Waals surface area contributed by atoms with Gasteiger partial charge >= 0.3 is 0 Å². The summed E-state index contributed by atoms with van der Waals surface area (Å²) in [5, 5.41) is 1.80. The quantitative estimate of drug-likeness (QED) is 0.899. The van der Waals surface area contributed by atoms with Crippen molar-refractivity contribution in [2.75, 3.05) is 0 Å². The molecule has 2 N–H and O–H groups in total. The Labute approximate surface area is 122 Å². The summed E-state index contributed by atoms with van der Waals surface area (Å²) in [6.45, 7) is 0.526. The highest BCUT2D eigenvalue weighted by atomic mass is 35.5. The molecule has 2 aromatic rings. The maximum atomic E-state index is 5.96. The van der Waals surface area contributed by atoms with E-state index in [0.29, 0.717) is 12.5 Å². The largest absolute Gasteiger partial charge is 0.325 e. The summed E-state index contributed by atoms with van der Waals surface area (Å²) in [5.74, 6) is 0.670. The van der Waals surface area contributed by atoms with Gasteiger partial charge in [0.1, 0.15) is 5.01 Å². The van der Waals surface area contributed by atoms with Gasteiger partial charge in [0.2, 0.25) is 0 Å². The Balaban J connectivity index is 2.03. The first-order valence-corrected chi connectivity index (χ1v) is 7.93. The molecule has 3 rings (SSSR count). The second-order valence-electron chi connectivity index (χ2n) is 5.01. The summed E-state index contributed by atoms with van der Waals surface area (Å²) in [6, 6.07) is 7.96. The summed E-state index contributed by atoms with van der Waals surface area (Å²) in [5.41, 5.74) is 8.03. The van der Waals surface area contributed by atoms with E-state index in [0.717, 1.165) is 21.3 Å². The van der Waals surface area contributed by atoms with Crippen LogP contribution in [-0.4, -0.2) is 4.98 Å². The highest BCUT2D eigenvalue weighted by molar-refractivity contribution is 7.12. The van der Waals surface area contributed by atoms with E-state index in [4.69, 9.17) is 22.3 Å². The first kappa shape index (κ1) is 13.1. The smallest absolute Gasteiger partial charge is 0.107 e. The number of benzene rings is 1. The van der Waals surface area contributed by atoms with E-state index in [1.807, 2.05) is 12.1 Å². The molecule has 1 aromatic heterocycles. The third kappa shape index (κ3) is 2.69. The van der Waals surface area contributed by atoms with Gasteiger partial charge in [-0.15, -0.1) is 11.3 Å². The maximum absolute atomic E-state index is 5.96. The maximum Gasteiger partial charge on any atom is 0.107 e. The van der Waals surface area contributed by atoms with Crippen molar-refractivity contribution >= 4 is 22.9 Å². The van der Waals surface area contributed by atoms with E-state index in [2.05, 4.69) is 12.1 Å². The third-order valence-electron chi connectivity index (χ3n) is 3.72. The van der Waals surface area contributed by atoms with E-state index in [1.54, 1.807) is 11.3 Å². The van der Waals surface area contributed by atoms with E-state index in [9.17, 15) is 0 Å². The van der Waals surface area contributed by atoms with Crippen LogP contribution >= 0.6 is 22.9 Å². The van der Waals surface area contributed by atoms with Crippen LogP contribution in [0.15, 0.2) is 24.3 Å². The van der Waals surface area contributed by atoms with Gasteiger partial charge in [0.25, 0.3) is 0 Å². The van der Waals surface area contributed by atoms with Gasteiger partial charge in [0, 0.05) is 22.0 Å². The lowest BCUT2D eigenvalue weighted by Gasteiger charge is -2.09. The summed E-state index contributed by atoms with van der Waals surface area (Å²) >= 11 is 7.75. The molecule has 0 radical (unpaired) electrons. The molecule has 1 fully saturated rings. The predicted molar refractivity (Wildman–Crippen MR) is 81.7 cm³/mol. The van der Waals surface area contributed by atoms with Crippen LogP contribution in [0.2, 0.25) is 5.02 Å². The average Bonchev–Trinajstić information content (AvgIpc) is 3.08. The van der Waals surface area contributed by atoms with E-state index >= 15 is 0 Å².